The summed E-state index contributed by atoms with van der Waals surface area (Å²) in [7, 11) is 0. The number of rotatable bonds is 5. The standard InChI is InChI=1S/C17H27BrN2O/c1-5-8-19-10-14-9-15(18)6-7-16(14)20-11-13(2)21-17(3,4)12-20/h6-7,9,13,19H,5,8,10-12H2,1-4H3. The molecule has 0 aliphatic carbocycles. The maximum Gasteiger partial charge on any atom is 0.0805 e. The molecule has 0 radical (unpaired) electrons. The van der Waals surface area contributed by atoms with Crippen molar-refractivity contribution >= 4 is 21.6 Å². The maximum atomic E-state index is 6.02. The van der Waals surface area contributed by atoms with Gasteiger partial charge in [-0.3, -0.25) is 0 Å². The molecular formula is C17H27BrN2O. The van der Waals surface area contributed by atoms with Crippen LogP contribution >= 0.6 is 15.9 Å². The van der Waals surface area contributed by atoms with Crippen LogP contribution in [-0.4, -0.2) is 31.3 Å². The van der Waals surface area contributed by atoms with Crippen LogP contribution in [0.2, 0.25) is 0 Å². The van der Waals surface area contributed by atoms with Gasteiger partial charge in [-0.2, -0.15) is 0 Å². The van der Waals surface area contributed by atoms with Crippen molar-refractivity contribution in [2.24, 2.45) is 0 Å². The molecule has 1 aromatic rings. The zero-order chi connectivity index (χ0) is 15.5. The lowest BCUT2D eigenvalue weighted by atomic mass is 10.0. The summed E-state index contributed by atoms with van der Waals surface area (Å²) in [5.74, 6) is 0. The van der Waals surface area contributed by atoms with Crippen LogP contribution in [0.3, 0.4) is 0 Å². The first kappa shape index (κ1) is 16.8. The molecule has 1 saturated heterocycles. The Kier molecular flexibility index (Phi) is 5.69. The summed E-state index contributed by atoms with van der Waals surface area (Å²) >= 11 is 3.59. The first-order chi connectivity index (χ1) is 9.91. The Morgan fingerprint density at radius 3 is 2.86 bits per heavy atom. The van der Waals surface area contributed by atoms with Gasteiger partial charge in [-0.15, -0.1) is 0 Å². The SMILES string of the molecule is CCCNCc1cc(Br)ccc1N1CC(C)OC(C)(C)C1. The van der Waals surface area contributed by atoms with E-state index in [1.54, 1.807) is 0 Å². The van der Waals surface area contributed by atoms with E-state index in [4.69, 9.17) is 4.74 Å². The van der Waals surface area contributed by atoms with Crippen LogP contribution in [0.5, 0.6) is 0 Å². The topological polar surface area (TPSA) is 24.5 Å². The first-order valence-corrected chi connectivity index (χ1v) is 8.62. The average molecular weight is 355 g/mol. The minimum atomic E-state index is -0.0984. The van der Waals surface area contributed by atoms with E-state index in [-0.39, 0.29) is 11.7 Å². The highest BCUT2D eigenvalue weighted by atomic mass is 79.9. The molecule has 1 aliphatic rings. The quantitative estimate of drug-likeness (QED) is 0.810. The molecule has 0 saturated carbocycles. The number of nitrogens with one attached hydrogen (secondary N) is 1. The summed E-state index contributed by atoms with van der Waals surface area (Å²) in [6.45, 7) is 12.5. The van der Waals surface area contributed by atoms with Crippen molar-refractivity contribution in [3.05, 3.63) is 28.2 Å². The summed E-state index contributed by atoms with van der Waals surface area (Å²) < 4.78 is 7.16. The van der Waals surface area contributed by atoms with Crippen molar-refractivity contribution in [3.63, 3.8) is 0 Å². The number of benzene rings is 1. The second kappa shape index (κ2) is 7.12. The number of nitrogens with zero attached hydrogens (tertiary/aromatic N) is 1. The largest absolute Gasteiger partial charge is 0.369 e. The highest BCUT2D eigenvalue weighted by Crippen LogP contribution is 2.30. The third-order valence-electron chi connectivity index (χ3n) is 3.69. The molecule has 1 atom stereocenters. The Balaban J connectivity index is 2.21. The lowest BCUT2D eigenvalue weighted by Crippen LogP contribution is -2.52. The van der Waals surface area contributed by atoms with Gasteiger partial charge in [0.05, 0.1) is 11.7 Å². The smallest absolute Gasteiger partial charge is 0.0805 e. The van der Waals surface area contributed by atoms with Gasteiger partial charge < -0.3 is 15.0 Å². The lowest BCUT2D eigenvalue weighted by molar-refractivity contribution is -0.0750. The van der Waals surface area contributed by atoms with Gasteiger partial charge in [0.25, 0.3) is 0 Å². The van der Waals surface area contributed by atoms with E-state index in [0.717, 1.165) is 37.1 Å². The Bertz CT molecular complexity index is 476. The van der Waals surface area contributed by atoms with Crippen molar-refractivity contribution in [3.8, 4) is 0 Å². The van der Waals surface area contributed by atoms with Crippen molar-refractivity contribution < 1.29 is 4.74 Å². The number of anilines is 1. The fourth-order valence-corrected chi connectivity index (χ4v) is 3.45. The zero-order valence-corrected chi connectivity index (χ0v) is 15.2. The molecule has 1 heterocycles. The molecule has 0 bridgehead atoms. The second-order valence-corrected chi connectivity index (χ2v) is 7.43. The fraction of sp³-hybridized carbons (Fsp3) is 0.647. The van der Waals surface area contributed by atoms with Crippen LogP contribution in [0.25, 0.3) is 0 Å². The maximum absolute atomic E-state index is 6.02. The van der Waals surface area contributed by atoms with E-state index in [9.17, 15) is 0 Å². The number of hydrogen-bond donors (Lipinski definition) is 1. The minimum Gasteiger partial charge on any atom is -0.369 e. The van der Waals surface area contributed by atoms with Gasteiger partial charge in [0.2, 0.25) is 0 Å². The molecule has 4 heteroatoms. The van der Waals surface area contributed by atoms with Crippen molar-refractivity contribution in [1.82, 2.24) is 5.32 Å². The number of morpholine rings is 1. The molecule has 3 nitrogen and oxygen atoms in total. The van der Waals surface area contributed by atoms with Crippen molar-refractivity contribution in [2.45, 2.75) is 52.4 Å². The van der Waals surface area contributed by atoms with Gasteiger partial charge in [-0.25, -0.2) is 0 Å². The monoisotopic (exact) mass is 354 g/mol. The van der Waals surface area contributed by atoms with Crippen LogP contribution in [0.1, 0.15) is 39.7 Å². The summed E-state index contributed by atoms with van der Waals surface area (Å²) in [5.41, 5.74) is 2.58. The van der Waals surface area contributed by atoms with Crippen LogP contribution < -0.4 is 10.2 Å². The molecule has 1 N–H and O–H groups in total. The van der Waals surface area contributed by atoms with E-state index >= 15 is 0 Å². The van der Waals surface area contributed by atoms with Gasteiger partial charge in [-0.1, -0.05) is 22.9 Å². The lowest BCUT2D eigenvalue weighted by Gasteiger charge is -2.43. The molecule has 0 amide bonds. The average Bonchev–Trinajstić information content (AvgIpc) is 2.36. The molecule has 1 aromatic carbocycles. The van der Waals surface area contributed by atoms with E-state index in [1.807, 2.05) is 0 Å². The highest BCUT2D eigenvalue weighted by Gasteiger charge is 2.32. The second-order valence-electron chi connectivity index (χ2n) is 6.52. The molecule has 0 spiro atoms. The van der Waals surface area contributed by atoms with Crippen molar-refractivity contribution in [2.75, 3.05) is 24.5 Å². The Morgan fingerprint density at radius 2 is 2.19 bits per heavy atom. The fourth-order valence-electron chi connectivity index (χ4n) is 3.04. The van der Waals surface area contributed by atoms with Crippen LogP contribution in [0.15, 0.2) is 22.7 Å². The van der Waals surface area contributed by atoms with Crippen LogP contribution in [0.4, 0.5) is 5.69 Å². The van der Waals surface area contributed by atoms with Crippen molar-refractivity contribution in [1.29, 1.82) is 0 Å². The summed E-state index contributed by atoms with van der Waals surface area (Å²) in [5, 5.41) is 3.51. The van der Waals surface area contributed by atoms with Gasteiger partial charge in [-0.05, 0) is 57.5 Å². The van der Waals surface area contributed by atoms with E-state index in [1.165, 1.54) is 11.3 Å². The Labute approximate surface area is 137 Å². The molecule has 2 rings (SSSR count). The van der Waals surface area contributed by atoms with Gasteiger partial charge >= 0.3 is 0 Å². The molecular weight excluding hydrogens is 328 g/mol. The van der Waals surface area contributed by atoms with Crippen LogP contribution in [0, 0.1) is 0 Å². The summed E-state index contributed by atoms with van der Waals surface area (Å²) in [4.78, 5) is 2.46. The Hall–Kier alpha value is -0.580. The molecule has 0 aromatic heterocycles. The first-order valence-electron chi connectivity index (χ1n) is 7.83. The predicted octanol–water partition coefficient (Wildman–Crippen LogP) is 3.95. The van der Waals surface area contributed by atoms with Gasteiger partial charge in [0.1, 0.15) is 0 Å². The number of hydrogen-bond acceptors (Lipinski definition) is 3. The van der Waals surface area contributed by atoms with Crippen LogP contribution in [-0.2, 0) is 11.3 Å². The summed E-state index contributed by atoms with van der Waals surface area (Å²) in [6.07, 6.45) is 1.42. The molecule has 1 aliphatic heterocycles. The third kappa shape index (κ3) is 4.70. The normalized spacial score (nSPS) is 21.6. The molecule has 1 fully saturated rings. The number of ether oxygens (including phenoxy) is 1. The third-order valence-corrected chi connectivity index (χ3v) is 4.19. The van der Waals surface area contributed by atoms with E-state index in [0.29, 0.717) is 0 Å². The van der Waals surface area contributed by atoms with E-state index in [2.05, 4.69) is 72.0 Å². The Morgan fingerprint density at radius 1 is 1.43 bits per heavy atom. The minimum absolute atomic E-state index is 0.0984. The molecule has 1 unspecified atom stereocenters. The number of halogens is 1. The predicted molar refractivity (Wildman–Crippen MR) is 93.0 cm³/mol. The van der Waals surface area contributed by atoms with Gasteiger partial charge in [0, 0.05) is 29.8 Å². The van der Waals surface area contributed by atoms with E-state index < -0.39 is 0 Å². The molecule has 118 valence electrons. The van der Waals surface area contributed by atoms with Gasteiger partial charge in [0.15, 0.2) is 0 Å². The molecule has 21 heavy (non-hydrogen) atoms. The zero-order valence-electron chi connectivity index (χ0n) is 13.6. The highest BCUT2D eigenvalue weighted by molar-refractivity contribution is 9.10. The summed E-state index contributed by atoms with van der Waals surface area (Å²) in [6, 6.07) is 6.58.